The van der Waals surface area contributed by atoms with Crippen LogP contribution in [0.25, 0.3) is 16.6 Å². The molecule has 28 heavy (non-hydrogen) atoms. The van der Waals surface area contributed by atoms with E-state index < -0.39 is 0 Å². The molecule has 1 aromatic carbocycles. The van der Waals surface area contributed by atoms with Gasteiger partial charge in [0, 0.05) is 36.9 Å². The molecule has 0 unspecified atom stereocenters. The number of amides is 1. The Balaban J connectivity index is 1.37. The number of nitrogens with zero attached hydrogens (tertiary/aromatic N) is 4. The maximum atomic E-state index is 12.9. The first-order chi connectivity index (χ1) is 13.7. The summed E-state index contributed by atoms with van der Waals surface area (Å²) in [7, 11) is 1.91. The molecule has 4 heterocycles. The number of carbonyl (C=O) groups excluding carboxylic acids is 1. The van der Waals surface area contributed by atoms with Crippen LogP contribution in [0, 0.1) is 5.92 Å². The summed E-state index contributed by atoms with van der Waals surface area (Å²) in [6.07, 6.45) is 8.02. The largest absolute Gasteiger partial charge is 0.379 e. The molecule has 1 amide bonds. The van der Waals surface area contributed by atoms with E-state index in [-0.39, 0.29) is 17.9 Å². The summed E-state index contributed by atoms with van der Waals surface area (Å²) in [4.78, 5) is 17.3. The van der Waals surface area contributed by atoms with Gasteiger partial charge in [0.05, 0.1) is 31.0 Å². The van der Waals surface area contributed by atoms with Crippen molar-refractivity contribution in [2.45, 2.75) is 12.5 Å². The van der Waals surface area contributed by atoms with Crippen molar-refractivity contribution in [2.75, 3.05) is 13.2 Å². The molecule has 1 saturated heterocycles. The maximum Gasteiger partial charge on any atom is 0.257 e. The molecule has 7 heteroatoms. The summed E-state index contributed by atoms with van der Waals surface area (Å²) in [5.41, 5.74) is 3.58. The number of ether oxygens (including phenoxy) is 1. The lowest BCUT2D eigenvalue weighted by atomic mass is 9.93. The lowest BCUT2D eigenvalue weighted by Gasteiger charge is -2.19. The minimum Gasteiger partial charge on any atom is -0.379 e. The van der Waals surface area contributed by atoms with Crippen LogP contribution in [0.3, 0.4) is 0 Å². The van der Waals surface area contributed by atoms with Crippen LogP contribution in [-0.4, -0.2) is 44.3 Å². The average molecular weight is 375 g/mol. The number of fused-ring (bicyclic) bond motifs is 2. The number of aryl methyl sites for hydroxylation is 1. The highest BCUT2D eigenvalue weighted by atomic mass is 16.5. The van der Waals surface area contributed by atoms with Crippen molar-refractivity contribution in [1.82, 2.24) is 24.5 Å². The number of pyridine rings is 1. The summed E-state index contributed by atoms with van der Waals surface area (Å²) < 4.78 is 9.32. The van der Waals surface area contributed by atoms with Gasteiger partial charge in [-0.1, -0.05) is 18.2 Å². The van der Waals surface area contributed by atoms with Crippen molar-refractivity contribution >= 4 is 22.5 Å². The minimum atomic E-state index is -0.114. The standard InChI is InChI=1S/C21H21N5O2/c1-25-8-9-26-21(25)17(11-23-26)20(27)24-19-13-28-12-15(19)10-14-6-7-22-18-5-3-2-4-16(14)18/h2-9,11,15,19H,10,12-13H2,1H3,(H,24,27)/t15-,19+/m1/s1. The molecule has 1 N–H and O–H groups in total. The van der Waals surface area contributed by atoms with E-state index >= 15 is 0 Å². The maximum absolute atomic E-state index is 12.9. The zero-order chi connectivity index (χ0) is 19.1. The number of aromatic nitrogens is 4. The predicted molar refractivity (Wildman–Crippen MR) is 105 cm³/mol. The van der Waals surface area contributed by atoms with E-state index in [1.807, 2.05) is 48.4 Å². The number of nitrogens with one attached hydrogen (secondary N) is 1. The van der Waals surface area contributed by atoms with Gasteiger partial charge in [0.15, 0.2) is 0 Å². The quantitative estimate of drug-likeness (QED) is 0.594. The zero-order valence-electron chi connectivity index (χ0n) is 15.6. The fourth-order valence-corrected chi connectivity index (χ4v) is 4.03. The molecule has 2 atom stereocenters. The number of hydrogen-bond donors (Lipinski definition) is 1. The summed E-state index contributed by atoms with van der Waals surface area (Å²) in [6, 6.07) is 10.2. The first-order valence-corrected chi connectivity index (χ1v) is 9.40. The van der Waals surface area contributed by atoms with Crippen LogP contribution in [0.15, 0.2) is 55.1 Å². The van der Waals surface area contributed by atoms with Gasteiger partial charge >= 0.3 is 0 Å². The second-order valence-electron chi connectivity index (χ2n) is 7.30. The highest BCUT2D eigenvalue weighted by Gasteiger charge is 2.31. The van der Waals surface area contributed by atoms with Crippen LogP contribution in [0.2, 0.25) is 0 Å². The fraction of sp³-hybridized carbons (Fsp3) is 0.286. The monoisotopic (exact) mass is 375 g/mol. The van der Waals surface area contributed by atoms with Crippen molar-refractivity contribution in [3.05, 3.63) is 66.2 Å². The fourth-order valence-electron chi connectivity index (χ4n) is 4.03. The second-order valence-corrected chi connectivity index (χ2v) is 7.30. The summed E-state index contributed by atoms with van der Waals surface area (Å²) in [5.74, 6) is 0.103. The SMILES string of the molecule is Cn1ccn2ncc(C(=O)N[C@H]3COC[C@H]3Cc3ccnc4ccccc34)c12. The molecule has 0 bridgehead atoms. The molecule has 1 aliphatic heterocycles. The molecule has 4 aromatic rings. The van der Waals surface area contributed by atoms with Crippen LogP contribution in [0.1, 0.15) is 15.9 Å². The number of imidazole rings is 1. The van der Waals surface area contributed by atoms with Crippen LogP contribution < -0.4 is 5.32 Å². The van der Waals surface area contributed by atoms with Gasteiger partial charge in [-0.25, -0.2) is 4.52 Å². The summed E-state index contributed by atoms with van der Waals surface area (Å²) in [6.45, 7) is 1.16. The van der Waals surface area contributed by atoms with E-state index in [1.54, 1.807) is 10.7 Å². The Morgan fingerprint density at radius 1 is 1.25 bits per heavy atom. The third-order valence-corrected chi connectivity index (χ3v) is 5.52. The van der Waals surface area contributed by atoms with Gasteiger partial charge in [-0.3, -0.25) is 9.78 Å². The predicted octanol–water partition coefficient (Wildman–Crippen LogP) is 2.21. The van der Waals surface area contributed by atoms with Crippen LogP contribution in [0.5, 0.6) is 0 Å². The van der Waals surface area contributed by atoms with Crippen molar-refractivity contribution in [2.24, 2.45) is 13.0 Å². The Kier molecular flexibility index (Phi) is 4.09. The first kappa shape index (κ1) is 16.9. The zero-order valence-corrected chi connectivity index (χ0v) is 15.6. The molecule has 0 radical (unpaired) electrons. The third kappa shape index (κ3) is 2.84. The van der Waals surface area contributed by atoms with Crippen LogP contribution in [-0.2, 0) is 18.2 Å². The van der Waals surface area contributed by atoms with Gasteiger partial charge in [-0.15, -0.1) is 0 Å². The molecule has 7 nitrogen and oxygen atoms in total. The highest BCUT2D eigenvalue weighted by molar-refractivity contribution is 6.00. The van der Waals surface area contributed by atoms with Gasteiger partial charge in [0.25, 0.3) is 5.91 Å². The highest BCUT2D eigenvalue weighted by Crippen LogP contribution is 2.24. The Morgan fingerprint density at radius 2 is 2.14 bits per heavy atom. The van der Waals surface area contributed by atoms with E-state index in [0.717, 1.165) is 23.0 Å². The topological polar surface area (TPSA) is 73.5 Å². The molecule has 0 spiro atoms. The van der Waals surface area contributed by atoms with Crippen molar-refractivity contribution in [1.29, 1.82) is 0 Å². The number of para-hydroxylation sites is 1. The molecule has 5 rings (SSSR count). The van der Waals surface area contributed by atoms with Gasteiger partial charge in [-0.05, 0) is 24.1 Å². The van der Waals surface area contributed by atoms with Crippen molar-refractivity contribution in [3.63, 3.8) is 0 Å². The molecular formula is C21H21N5O2. The Labute approximate surface area is 161 Å². The van der Waals surface area contributed by atoms with Crippen LogP contribution in [0.4, 0.5) is 0 Å². The number of rotatable bonds is 4. The average Bonchev–Trinajstić information content (AvgIpc) is 3.41. The molecule has 3 aromatic heterocycles. The molecular weight excluding hydrogens is 354 g/mol. The van der Waals surface area contributed by atoms with E-state index in [9.17, 15) is 4.79 Å². The third-order valence-electron chi connectivity index (χ3n) is 5.52. The van der Waals surface area contributed by atoms with Gasteiger partial charge < -0.3 is 14.6 Å². The molecule has 0 aliphatic carbocycles. The van der Waals surface area contributed by atoms with E-state index in [4.69, 9.17) is 4.74 Å². The normalized spacial score (nSPS) is 19.5. The number of carbonyl (C=O) groups is 1. The van der Waals surface area contributed by atoms with Crippen LogP contribution >= 0.6 is 0 Å². The van der Waals surface area contributed by atoms with E-state index in [2.05, 4.69) is 27.5 Å². The second kappa shape index (κ2) is 6.76. The van der Waals surface area contributed by atoms with Gasteiger partial charge in [0.2, 0.25) is 0 Å². The Bertz CT molecular complexity index is 1160. The summed E-state index contributed by atoms with van der Waals surface area (Å²) in [5, 5.41) is 8.57. The van der Waals surface area contributed by atoms with E-state index in [1.165, 1.54) is 5.56 Å². The number of hydrogen-bond acceptors (Lipinski definition) is 4. The lowest BCUT2D eigenvalue weighted by Crippen LogP contribution is -2.40. The van der Waals surface area contributed by atoms with Crippen molar-refractivity contribution in [3.8, 4) is 0 Å². The smallest absolute Gasteiger partial charge is 0.257 e. The lowest BCUT2D eigenvalue weighted by molar-refractivity contribution is 0.0926. The molecule has 1 aliphatic rings. The van der Waals surface area contributed by atoms with E-state index in [0.29, 0.717) is 18.8 Å². The summed E-state index contributed by atoms with van der Waals surface area (Å²) >= 11 is 0. The molecule has 0 saturated carbocycles. The Morgan fingerprint density at radius 3 is 3.07 bits per heavy atom. The van der Waals surface area contributed by atoms with Crippen molar-refractivity contribution < 1.29 is 9.53 Å². The molecule has 142 valence electrons. The van der Waals surface area contributed by atoms with Gasteiger partial charge in [0.1, 0.15) is 11.2 Å². The molecule has 1 fully saturated rings. The van der Waals surface area contributed by atoms with Gasteiger partial charge in [-0.2, -0.15) is 5.10 Å². The minimum absolute atomic E-state index is 0.0327. The number of benzene rings is 1. The Hall–Kier alpha value is -3.19. The first-order valence-electron chi connectivity index (χ1n) is 9.40.